The lowest BCUT2D eigenvalue weighted by atomic mass is 9.79. The fourth-order valence-corrected chi connectivity index (χ4v) is 6.41. The molecule has 1 saturated carbocycles. The molecule has 10 heteroatoms. The van der Waals surface area contributed by atoms with Crippen LogP contribution in [-0.4, -0.2) is 52.3 Å². The molecule has 1 aromatic heterocycles. The predicted molar refractivity (Wildman–Crippen MR) is 130 cm³/mol. The molecular formula is C24H30N4O5S. The van der Waals surface area contributed by atoms with Crippen LogP contribution in [0.15, 0.2) is 29.3 Å². The Kier molecular flexibility index (Phi) is 6.37. The largest absolute Gasteiger partial charge is 0.480 e. The van der Waals surface area contributed by atoms with E-state index in [-0.39, 0.29) is 17.5 Å². The maximum absolute atomic E-state index is 12.0. The van der Waals surface area contributed by atoms with Crippen molar-refractivity contribution in [1.29, 1.82) is 0 Å². The number of aryl methyl sites for hydroxylation is 1. The van der Waals surface area contributed by atoms with Gasteiger partial charge in [0.05, 0.1) is 11.5 Å². The summed E-state index contributed by atoms with van der Waals surface area (Å²) in [6.07, 6.45) is 3.30. The quantitative estimate of drug-likeness (QED) is 0.632. The minimum Gasteiger partial charge on any atom is -0.480 e. The molecule has 3 N–H and O–H groups in total. The van der Waals surface area contributed by atoms with Gasteiger partial charge in [-0.3, -0.25) is 4.79 Å². The van der Waals surface area contributed by atoms with Gasteiger partial charge < -0.3 is 15.6 Å². The van der Waals surface area contributed by atoms with Gasteiger partial charge in [-0.25, -0.2) is 18.4 Å². The second-order valence-corrected chi connectivity index (χ2v) is 11.8. The number of benzene rings is 1. The van der Waals surface area contributed by atoms with Crippen molar-refractivity contribution in [1.82, 2.24) is 9.97 Å². The minimum absolute atomic E-state index is 0.0193. The first-order valence-corrected chi connectivity index (χ1v) is 13.2. The molecule has 1 fully saturated rings. The summed E-state index contributed by atoms with van der Waals surface area (Å²) < 4.78 is 30.1. The average Bonchev–Trinajstić information content (AvgIpc) is 2.72. The summed E-state index contributed by atoms with van der Waals surface area (Å²) in [7, 11) is -3.56. The van der Waals surface area contributed by atoms with Crippen LogP contribution in [0.5, 0.6) is 5.88 Å². The molecule has 1 aliphatic carbocycles. The summed E-state index contributed by atoms with van der Waals surface area (Å²) in [6, 6.07) is 8.23. The zero-order chi connectivity index (χ0) is 24.7. The van der Waals surface area contributed by atoms with Crippen molar-refractivity contribution in [2.75, 3.05) is 17.2 Å². The van der Waals surface area contributed by atoms with Gasteiger partial charge in [0.15, 0.2) is 21.3 Å². The maximum Gasteiger partial charge on any atom is 0.318 e. The van der Waals surface area contributed by atoms with Gasteiger partial charge in [-0.05, 0) is 63.9 Å². The highest BCUT2D eigenvalue weighted by Crippen LogP contribution is 2.40. The third-order valence-corrected chi connectivity index (χ3v) is 8.14. The standard InChI is InChI=1S/C24H30N4O5S/c1-14-26-22(25)20-23(27-14)33-24(2,3)21(28-20)18-10-8-17(9-11-18)16-6-4-15(5-7-16)12-34(31,32)13-19(29)30/h8-11,15-16H,4-7,12-13H2,1-3H3,(H,29,30)(H2,25,26,27)/t15-,16-. The van der Waals surface area contributed by atoms with E-state index >= 15 is 0 Å². The van der Waals surface area contributed by atoms with E-state index in [9.17, 15) is 13.2 Å². The van der Waals surface area contributed by atoms with E-state index in [0.717, 1.165) is 37.0 Å². The summed E-state index contributed by atoms with van der Waals surface area (Å²) >= 11 is 0. The number of anilines is 1. The van der Waals surface area contributed by atoms with Gasteiger partial charge in [0.1, 0.15) is 17.2 Å². The molecule has 2 aliphatic rings. The lowest BCUT2D eigenvalue weighted by molar-refractivity contribution is -0.134. The number of ether oxygens (including phenoxy) is 1. The Labute approximate surface area is 199 Å². The van der Waals surface area contributed by atoms with E-state index in [2.05, 4.69) is 22.1 Å². The molecule has 2 heterocycles. The summed E-state index contributed by atoms with van der Waals surface area (Å²) in [6.45, 7) is 5.64. The van der Waals surface area contributed by atoms with Crippen LogP contribution < -0.4 is 10.5 Å². The Morgan fingerprint density at radius 2 is 1.79 bits per heavy atom. The molecule has 0 atom stereocenters. The summed E-state index contributed by atoms with van der Waals surface area (Å²) in [5.74, 6) is -0.563. The van der Waals surface area contributed by atoms with Crippen LogP contribution in [0.2, 0.25) is 0 Å². The van der Waals surface area contributed by atoms with Gasteiger partial charge in [0.2, 0.25) is 5.88 Å². The predicted octanol–water partition coefficient (Wildman–Crippen LogP) is 3.43. The lowest BCUT2D eigenvalue weighted by Gasteiger charge is -2.32. The number of hydrogen-bond donors (Lipinski definition) is 2. The van der Waals surface area contributed by atoms with Crippen molar-refractivity contribution in [3.63, 3.8) is 0 Å². The fourth-order valence-electron chi connectivity index (χ4n) is 4.87. The van der Waals surface area contributed by atoms with Crippen LogP contribution in [0.3, 0.4) is 0 Å². The molecule has 4 rings (SSSR count). The molecule has 0 radical (unpaired) electrons. The second-order valence-electron chi connectivity index (χ2n) is 9.67. The molecule has 182 valence electrons. The van der Waals surface area contributed by atoms with Crippen LogP contribution in [0.25, 0.3) is 0 Å². The van der Waals surface area contributed by atoms with Crippen molar-refractivity contribution in [3.8, 4) is 5.88 Å². The minimum atomic E-state index is -3.56. The molecule has 0 saturated heterocycles. The Hall–Kier alpha value is -3.01. The molecule has 0 bridgehead atoms. The number of rotatable bonds is 6. The molecule has 1 aromatic carbocycles. The van der Waals surface area contributed by atoms with Crippen LogP contribution in [0.4, 0.5) is 11.5 Å². The first-order valence-electron chi connectivity index (χ1n) is 11.4. The van der Waals surface area contributed by atoms with E-state index in [4.69, 9.17) is 20.6 Å². The third-order valence-electron chi connectivity index (χ3n) is 6.47. The van der Waals surface area contributed by atoms with Crippen molar-refractivity contribution in [2.45, 2.75) is 58.0 Å². The van der Waals surface area contributed by atoms with Gasteiger partial charge in [0.25, 0.3) is 0 Å². The summed E-state index contributed by atoms with van der Waals surface area (Å²) in [4.78, 5) is 24.0. The number of nitrogens with zero attached hydrogens (tertiary/aromatic N) is 3. The molecule has 9 nitrogen and oxygen atoms in total. The Balaban J connectivity index is 1.47. The molecule has 1 aliphatic heterocycles. The van der Waals surface area contributed by atoms with E-state index in [1.165, 1.54) is 5.56 Å². The second kappa shape index (κ2) is 8.98. The van der Waals surface area contributed by atoms with Crippen molar-refractivity contribution in [2.24, 2.45) is 10.9 Å². The number of carboxylic acid groups (broad SMARTS) is 1. The zero-order valence-corrected chi connectivity index (χ0v) is 20.4. The number of hydrogen-bond acceptors (Lipinski definition) is 8. The van der Waals surface area contributed by atoms with Crippen molar-refractivity contribution in [3.05, 3.63) is 41.2 Å². The van der Waals surface area contributed by atoms with Gasteiger partial charge >= 0.3 is 5.97 Å². The van der Waals surface area contributed by atoms with Crippen LogP contribution >= 0.6 is 0 Å². The van der Waals surface area contributed by atoms with Gasteiger partial charge in [-0.15, -0.1) is 0 Å². The molecule has 2 aromatic rings. The highest BCUT2D eigenvalue weighted by atomic mass is 32.2. The van der Waals surface area contributed by atoms with Crippen LogP contribution in [-0.2, 0) is 14.6 Å². The monoisotopic (exact) mass is 486 g/mol. The van der Waals surface area contributed by atoms with Crippen molar-refractivity contribution < 1.29 is 23.1 Å². The number of carboxylic acids is 1. The first kappa shape index (κ1) is 24.1. The van der Waals surface area contributed by atoms with E-state index in [0.29, 0.717) is 23.3 Å². The SMILES string of the molecule is Cc1nc(N)c2c(n1)OC(C)(C)C(c1ccc([C@H]3CC[C@H](CS(=O)(=O)CC(=O)O)CC3)cc1)=N2. The number of carbonyl (C=O) groups is 1. The molecule has 0 amide bonds. The van der Waals surface area contributed by atoms with Gasteiger partial charge in [-0.1, -0.05) is 24.3 Å². The smallest absolute Gasteiger partial charge is 0.318 e. The lowest BCUT2D eigenvalue weighted by Crippen LogP contribution is -2.41. The van der Waals surface area contributed by atoms with Gasteiger partial charge in [-0.2, -0.15) is 4.98 Å². The number of fused-ring (bicyclic) bond motifs is 1. The average molecular weight is 487 g/mol. The van der Waals surface area contributed by atoms with Crippen LogP contribution in [0, 0.1) is 12.8 Å². The number of aliphatic carboxylic acids is 1. The van der Waals surface area contributed by atoms with E-state index < -0.39 is 27.2 Å². The van der Waals surface area contributed by atoms with Gasteiger partial charge in [0, 0.05) is 5.56 Å². The summed E-state index contributed by atoms with van der Waals surface area (Å²) in [5, 5.41) is 8.78. The summed E-state index contributed by atoms with van der Waals surface area (Å²) in [5.41, 5.74) is 8.68. The molecule has 34 heavy (non-hydrogen) atoms. The number of aliphatic imine (C=N–C) groups is 1. The zero-order valence-electron chi connectivity index (χ0n) is 19.6. The number of nitrogens with two attached hydrogens (primary N) is 1. The first-order chi connectivity index (χ1) is 15.9. The Bertz CT molecular complexity index is 1230. The third kappa shape index (κ3) is 5.22. The molecule has 0 spiro atoms. The highest BCUT2D eigenvalue weighted by Gasteiger charge is 2.35. The fraction of sp³-hybridized carbons (Fsp3) is 0.500. The number of nitrogen functional groups attached to an aromatic ring is 1. The van der Waals surface area contributed by atoms with E-state index in [1.807, 2.05) is 26.0 Å². The van der Waals surface area contributed by atoms with Crippen molar-refractivity contribution >= 4 is 33.0 Å². The van der Waals surface area contributed by atoms with E-state index in [1.54, 1.807) is 6.92 Å². The molecule has 0 unspecified atom stereocenters. The topological polar surface area (TPSA) is 145 Å². The Morgan fingerprint density at radius 3 is 2.41 bits per heavy atom. The molecular weight excluding hydrogens is 456 g/mol. The van der Waals surface area contributed by atoms with Crippen LogP contribution in [0.1, 0.15) is 62.4 Å². The number of aromatic nitrogens is 2. The Morgan fingerprint density at radius 1 is 1.15 bits per heavy atom. The number of sulfone groups is 1. The normalized spacial score (nSPS) is 21.8. The maximum atomic E-state index is 12.0. The highest BCUT2D eigenvalue weighted by molar-refractivity contribution is 7.92.